The highest BCUT2D eigenvalue weighted by Gasteiger charge is 2.32. The Bertz CT molecular complexity index is 1610. The first-order valence-electron chi connectivity index (χ1n) is 12.7. The Labute approximate surface area is 219 Å². The predicted molar refractivity (Wildman–Crippen MR) is 145 cm³/mol. The third kappa shape index (κ3) is 4.80. The number of aromatic amines is 1. The van der Waals surface area contributed by atoms with E-state index < -0.39 is 6.04 Å². The van der Waals surface area contributed by atoms with Crippen molar-refractivity contribution in [2.24, 2.45) is 0 Å². The van der Waals surface area contributed by atoms with Crippen molar-refractivity contribution in [3.8, 4) is 0 Å². The molecule has 1 N–H and O–H groups in total. The van der Waals surface area contributed by atoms with Crippen LogP contribution in [0.15, 0.2) is 83.7 Å². The molecule has 1 aliphatic heterocycles. The number of hydrogen-bond donors (Lipinski definition) is 1. The van der Waals surface area contributed by atoms with Crippen LogP contribution >= 0.6 is 0 Å². The molecule has 2 aromatic heterocycles. The van der Waals surface area contributed by atoms with E-state index in [-0.39, 0.29) is 11.4 Å². The summed E-state index contributed by atoms with van der Waals surface area (Å²) in [5, 5.41) is 13.6. The Hall–Kier alpha value is -4.37. The molecule has 3 aromatic carbocycles. The van der Waals surface area contributed by atoms with Crippen LogP contribution in [0.4, 0.5) is 10.1 Å². The van der Waals surface area contributed by atoms with Gasteiger partial charge in [-0.3, -0.25) is 9.69 Å². The lowest BCUT2D eigenvalue weighted by Gasteiger charge is -2.39. The normalized spacial score (nSPS) is 15.2. The lowest BCUT2D eigenvalue weighted by molar-refractivity contribution is 0.200. The van der Waals surface area contributed by atoms with E-state index in [9.17, 15) is 9.18 Å². The van der Waals surface area contributed by atoms with Crippen molar-refractivity contribution in [2.45, 2.75) is 19.5 Å². The Kier molecular flexibility index (Phi) is 6.43. The molecule has 3 heterocycles. The fourth-order valence-electron chi connectivity index (χ4n) is 5.21. The first-order valence-corrected chi connectivity index (χ1v) is 12.7. The van der Waals surface area contributed by atoms with E-state index in [1.807, 2.05) is 43.3 Å². The first kappa shape index (κ1) is 24.0. The highest BCUT2D eigenvalue weighted by molar-refractivity contribution is 5.79. The minimum atomic E-state index is -0.447. The Morgan fingerprint density at radius 3 is 2.47 bits per heavy atom. The van der Waals surface area contributed by atoms with E-state index in [0.717, 1.165) is 48.2 Å². The van der Waals surface area contributed by atoms with E-state index in [2.05, 4.69) is 48.5 Å². The Morgan fingerprint density at radius 1 is 0.947 bits per heavy atom. The van der Waals surface area contributed by atoms with Crippen molar-refractivity contribution in [3.63, 3.8) is 0 Å². The van der Waals surface area contributed by atoms with Crippen LogP contribution in [0.5, 0.6) is 0 Å². The van der Waals surface area contributed by atoms with Gasteiger partial charge in [0.15, 0.2) is 5.82 Å². The van der Waals surface area contributed by atoms with Crippen molar-refractivity contribution in [3.05, 3.63) is 118 Å². The molecule has 9 heteroatoms. The fraction of sp³-hybridized carbons (Fsp3) is 0.241. The van der Waals surface area contributed by atoms with Crippen LogP contribution < -0.4 is 10.5 Å². The lowest BCUT2D eigenvalue weighted by Crippen LogP contribution is -2.49. The van der Waals surface area contributed by atoms with Gasteiger partial charge in [-0.1, -0.05) is 42.0 Å². The van der Waals surface area contributed by atoms with Gasteiger partial charge in [-0.25, -0.2) is 9.07 Å². The van der Waals surface area contributed by atoms with Crippen LogP contribution in [0, 0.1) is 12.7 Å². The molecule has 0 bridgehead atoms. The fourth-order valence-corrected chi connectivity index (χ4v) is 5.21. The number of pyridine rings is 1. The molecular weight excluding hydrogens is 481 g/mol. The highest BCUT2D eigenvalue weighted by atomic mass is 19.1. The van der Waals surface area contributed by atoms with Crippen LogP contribution in [-0.2, 0) is 6.54 Å². The quantitative estimate of drug-likeness (QED) is 0.374. The zero-order chi connectivity index (χ0) is 26.1. The number of benzene rings is 3. The van der Waals surface area contributed by atoms with E-state index in [1.54, 1.807) is 16.8 Å². The monoisotopic (exact) mass is 509 g/mol. The van der Waals surface area contributed by atoms with Gasteiger partial charge in [-0.2, -0.15) is 0 Å². The van der Waals surface area contributed by atoms with Crippen molar-refractivity contribution in [2.75, 3.05) is 31.1 Å². The summed E-state index contributed by atoms with van der Waals surface area (Å²) in [4.78, 5) is 21.2. The second-order valence-corrected chi connectivity index (χ2v) is 9.73. The summed E-state index contributed by atoms with van der Waals surface area (Å²) < 4.78 is 15.2. The van der Waals surface area contributed by atoms with Crippen LogP contribution in [0.2, 0.25) is 0 Å². The third-order valence-electron chi connectivity index (χ3n) is 7.17. The standard InChI is InChI=1S/C29H28FN7O/c1-20-7-12-26-22(17-20)18-25(29(38)31-26)27(36-15-13-35(14-16-36)24-5-3-2-4-6-24)28-32-33-34-37(28)19-21-8-10-23(30)11-9-21/h2-12,17-18,27H,13-16,19H2,1H3,(H,31,38)/t27-/m0/s1. The van der Waals surface area contributed by atoms with Gasteiger partial charge in [0, 0.05) is 42.9 Å². The molecule has 0 spiro atoms. The molecule has 0 saturated carbocycles. The molecule has 38 heavy (non-hydrogen) atoms. The average Bonchev–Trinajstić information content (AvgIpc) is 3.39. The number of halogens is 1. The van der Waals surface area contributed by atoms with Crippen molar-refractivity contribution >= 4 is 16.6 Å². The maximum absolute atomic E-state index is 13.5. The number of tetrazole rings is 1. The van der Waals surface area contributed by atoms with Gasteiger partial charge in [0.25, 0.3) is 5.56 Å². The van der Waals surface area contributed by atoms with E-state index in [1.165, 1.54) is 17.8 Å². The smallest absolute Gasteiger partial charge is 0.253 e. The summed E-state index contributed by atoms with van der Waals surface area (Å²) in [5.74, 6) is 0.290. The zero-order valence-corrected chi connectivity index (χ0v) is 21.1. The van der Waals surface area contributed by atoms with Crippen molar-refractivity contribution < 1.29 is 4.39 Å². The minimum absolute atomic E-state index is 0.159. The number of nitrogens with one attached hydrogen (secondary N) is 1. The van der Waals surface area contributed by atoms with Crippen LogP contribution in [0.3, 0.4) is 0 Å². The number of hydrogen-bond acceptors (Lipinski definition) is 6. The Morgan fingerprint density at radius 2 is 1.71 bits per heavy atom. The molecule has 5 aromatic rings. The number of nitrogens with zero attached hydrogens (tertiary/aromatic N) is 6. The Balaban J connectivity index is 1.39. The molecule has 8 nitrogen and oxygen atoms in total. The molecule has 0 radical (unpaired) electrons. The first-order chi connectivity index (χ1) is 18.5. The van der Waals surface area contributed by atoms with Crippen molar-refractivity contribution in [1.29, 1.82) is 0 Å². The van der Waals surface area contributed by atoms with E-state index >= 15 is 0 Å². The molecular formula is C29H28FN7O. The predicted octanol–water partition coefficient (Wildman–Crippen LogP) is 3.92. The summed E-state index contributed by atoms with van der Waals surface area (Å²) in [6.07, 6.45) is 0. The van der Waals surface area contributed by atoms with E-state index in [4.69, 9.17) is 0 Å². The molecule has 1 saturated heterocycles. The van der Waals surface area contributed by atoms with Crippen LogP contribution in [0.25, 0.3) is 10.9 Å². The maximum atomic E-state index is 13.5. The summed E-state index contributed by atoms with van der Waals surface area (Å²) in [5.41, 5.74) is 4.41. The molecule has 0 unspecified atom stereocenters. The number of aromatic nitrogens is 5. The van der Waals surface area contributed by atoms with Crippen LogP contribution in [-0.4, -0.2) is 56.3 Å². The highest BCUT2D eigenvalue weighted by Crippen LogP contribution is 2.29. The largest absolute Gasteiger partial charge is 0.369 e. The number of H-pyrrole nitrogens is 1. The summed E-state index contributed by atoms with van der Waals surface area (Å²) in [6, 6.07) is 24.2. The number of fused-ring (bicyclic) bond motifs is 1. The van der Waals surface area contributed by atoms with Gasteiger partial charge in [0.1, 0.15) is 11.9 Å². The van der Waals surface area contributed by atoms with Crippen LogP contribution in [0.1, 0.15) is 28.6 Å². The molecule has 192 valence electrons. The molecule has 0 aliphatic carbocycles. The number of para-hydroxylation sites is 1. The van der Waals surface area contributed by atoms with Gasteiger partial charge in [-0.15, -0.1) is 5.10 Å². The molecule has 0 amide bonds. The van der Waals surface area contributed by atoms with Gasteiger partial charge in [0.2, 0.25) is 0 Å². The minimum Gasteiger partial charge on any atom is -0.369 e. The summed E-state index contributed by atoms with van der Waals surface area (Å²) >= 11 is 0. The second-order valence-electron chi connectivity index (χ2n) is 9.73. The molecule has 1 atom stereocenters. The third-order valence-corrected chi connectivity index (χ3v) is 7.17. The molecule has 6 rings (SSSR count). The molecule has 1 fully saturated rings. The van der Waals surface area contributed by atoms with E-state index in [0.29, 0.717) is 17.9 Å². The zero-order valence-electron chi connectivity index (χ0n) is 21.1. The molecule has 1 aliphatic rings. The summed E-state index contributed by atoms with van der Waals surface area (Å²) in [7, 11) is 0. The summed E-state index contributed by atoms with van der Waals surface area (Å²) in [6.45, 7) is 5.49. The number of aryl methyl sites for hydroxylation is 1. The topological polar surface area (TPSA) is 82.9 Å². The van der Waals surface area contributed by atoms with Gasteiger partial charge < -0.3 is 9.88 Å². The second kappa shape index (κ2) is 10.2. The van der Waals surface area contributed by atoms with Gasteiger partial charge in [-0.05, 0) is 70.8 Å². The average molecular weight is 510 g/mol. The van der Waals surface area contributed by atoms with Crippen molar-refractivity contribution in [1.82, 2.24) is 30.1 Å². The van der Waals surface area contributed by atoms with Gasteiger partial charge >= 0.3 is 0 Å². The number of anilines is 1. The lowest BCUT2D eigenvalue weighted by atomic mass is 10.0. The SMILES string of the molecule is Cc1ccc2[nH]c(=O)c([C@@H](c3nnnn3Cc3ccc(F)cc3)N3CCN(c4ccccc4)CC3)cc2c1. The van der Waals surface area contributed by atoms with Gasteiger partial charge in [0.05, 0.1) is 6.54 Å². The number of rotatable bonds is 6. The maximum Gasteiger partial charge on any atom is 0.253 e. The number of piperazine rings is 1.